The summed E-state index contributed by atoms with van der Waals surface area (Å²) in [4.78, 5) is 51.0. The standard InChI is InChI=1S/C63H94O12/c1-4-7-10-13-16-19-22-25-27-28-30-32-34-37-40-43-46-49-55(64)71-52-54(73-56(65)50-47-44-41-38-35-31-24-21-18-15-12-9-6-3)53-72-63-61(59(68)58(67)60(75-63)62(69)70)74-57(66)51-48-45-42-39-36-33-29-26-23-20-17-14-11-8-5-2/h7-12,16-21,25-27,29-32,35,37,40-41,44,54,58-61,63,67-68H,4-6,13-15,22-24,28,33-34,36,38-39,42-43,45-53H2,1-3H3,(H,69,70)/b10-7-,11-8-,12-9-,19-16-,20-17-,21-18-,27-25-,29-26-,32-30-,35-31-,40-37-,44-41-. The molecule has 6 unspecified atom stereocenters. The first-order chi connectivity index (χ1) is 36.6. The molecule has 418 valence electrons. The molecular weight excluding hydrogens is 949 g/mol. The van der Waals surface area contributed by atoms with Gasteiger partial charge in [-0.2, -0.15) is 0 Å². The van der Waals surface area contributed by atoms with E-state index in [9.17, 15) is 34.5 Å². The van der Waals surface area contributed by atoms with Crippen LogP contribution in [-0.4, -0.2) is 89.2 Å². The first-order valence-electron chi connectivity index (χ1n) is 27.8. The molecule has 0 aromatic rings. The van der Waals surface area contributed by atoms with Crippen molar-refractivity contribution in [2.45, 2.75) is 212 Å². The van der Waals surface area contributed by atoms with Crippen molar-refractivity contribution in [1.82, 2.24) is 0 Å². The minimum Gasteiger partial charge on any atom is -0.479 e. The van der Waals surface area contributed by atoms with Crippen LogP contribution < -0.4 is 0 Å². The van der Waals surface area contributed by atoms with Gasteiger partial charge in [-0.3, -0.25) is 14.4 Å². The molecule has 3 N–H and O–H groups in total. The van der Waals surface area contributed by atoms with Crippen LogP contribution in [0.4, 0.5) is 0 Å². The molecule has 12 nitrogen and oxygen atoms in total. The summed E-state index contributed by atoms with van der Waals surface area (Å²) in [5.41, 5.74) is 0. The van der Waals surface area contributed by atoms with Gasteiger partial charge in [-0.25, -0.2) is 4.79 Å². The smallest absolute Gasteiger partial charge is 0.335 e. The minimum absolute atomic E-state index is 0.0184. The summed E-state index contributed by atoms with van der Waals surface area (Å²) in [6.45, 7) is 5.49. The third-order valence-electron chi connectivity index (χ3n) is 11.4. The average Bonchev–Trinajstić information content (AvgIpc) is 3.39. The number of unbranched alkanes of at least 4 members (excludes halogenated alkanes) is 6. The topological polar surface area (TPSA) is 175 Å². The van der Waals surface area contributed by atoms with E-state index in [0.29, 0.717) is 32.1 Å². The monoisotopic (exact) mass is 1040 g/mol. The van der Waals surface area contributed by atoms with E-state index in [2.05, 4.69) is 136 Å². The molecule has 0 aromatic heterocycles. The second-order valence-electron chi connectivity index (χ2n) is 18.1. The number of carbonyl (C=O) groups is 4. The Morgan fingerprint density at radius 1 is 0.440 bits per heavy atom. The summed E-state index contributed by atoms with van der Waals surface area (Å²) >= 11 is 0. The lowest BCUT2D eigenvalue weighted by molar-refractivity contribution is -0.301. The molecule has 1 fully saturated rings. The number of hydrogen-bond acceptors (Lipinski definition) is 11. The molecule has 0 aliphatic carbocycles. The maximum atomic E-state index is 13.1. The molecule has 1 aliphatic heterocycles. The van der Waals surface area contributed by atoms with Crippen LogP contribution in [0.15, 0.2) is 146 Å². The molecule has 0 bridgehead atoms. The molecule has 0 saturated carbocycles. The van der Waals surface area contributed by atoms with Crippen LogP contribution in [0, 0.1) is 0 Å². The number of ether oxygens (including phenoxy) is 5. The maximum absolute atomic E-state index is 13.1. The van der Waals surface area contributed by atoms with Crippen LogP contribution in [0.25, 0.3) is 0 Å². The van der Waals surface area contributed by atoms with Crippen LogP contribution in [0.5, 0.6) is 0 Å². The number of carbonyl (C=O) groups excluding carboxylic acids is 3. The number of hydrogen-bond donors (Lipinski definition) is 3. The highest BCUT2D eigenvalue weighted by molar-refractivity contribution is 5.74. The van der Waals surface area contributed by atoms with Gasteiger partial charge in [-0.15, -0.1) is 0 Å². The second kappa shape index (κ2) is 49.5. The summed E-state index contributed by atoms with van der Waals surface area (Å²) < 4.78 is 28.2. The van der Waals surface area contributed by atoms with Gasteiger partial charge in [0.25, 0.3) is 0 Å². The third-order valence-corrected chi connectivity index (χ3v) is 11.4. The highest BCUT2D eigenvalue weighted by Gasteiger charge is 2.50. The van der Waals surface area contributed by atoms with Crippen molar-refractivity contribution in [3.63, 3.8) is 0 Å². The first kappa shape index (κ1) is 67.6. The van der Waals surface area contributed by atoms with Crippen molar-refractivity contribution in [2.75, 3.05) is 13.2 Å². The Hall–Kier alpha value is -5.40. The van der Waals surface area contributed by atoms with E-state index in [1.165, 1.54) is 0 Å². The average molecular weight is 1040 g/mol. The molecule has 1 rings (SSSR count). The predicted molar refractivity (Wildman–Crippen MR) is 302 cm³/mol. The Morgan fingerprint density at radius 2 is 0.840 bits per heavy atom. The van der Waals surface area contributed by atoms with E-state index < -0.39 is 67.3 Å². The van der Waals surface area contributed by atoms with Crippen molar-refractivity contribution in [2.24, 2.45) is 0 Å². The first-order valence-corrected chi connectivity index (χ1v) is 27.8. The third kappa shape index (κ3) is 39.7. The molecule has 6 atom stereocenters. The molecule has 0 spiro atoms. The number of carboxylic acid groups (broad SMARTS) is 1. The second-order valence-corrected chi connectivity index (χ2v) is 18.1. The number of aliphatic hydroxyl groups is 2. The zero-order chi connectivity index (χ0) is 54.7. The summed E-state index contributed by atoms with van der Waals surface area (Å²) in [5.74, 6) is -3.36. The Balaban J connectivity index is 2.80. The summed E-state index contributed by atoms with van der Waals surface area (Å²) in [6, 6.07) is 0. The van der Waals surface area contributed by atoms with Crippen molar-refractivity contribution in [1.29, 1.82) is 0 Å². The number of esters is 3. The fourth-order valence-corrected chi connectivity index (χ4v) is 7.25. The molecule has 0 amide bonds. The zero-order valence-electron chi connectivity index (χ0n) is 45.7. The fourth-order valence-electron chi connectivity index (χ4n) is 7.25. The van der Waals surface area contributed by atoms with Crippen LogP contribution in [0.3, 0.4) is 0 Å². The molecule has 0 radical (unpaired) electrons. The molecular formula is C63H94O12. The van der Waals surface area contributed by atoms with Gasteiger partial charge in [0.05, 0.1) is 6.61 Å². The van der Waals surface area contributed by atoms with Gasteiger partial charge in [0, 0.05) is 19.3 Å². The zero-order valence-corrected chi connectivity index (χ0v) is 45.7. The van der Waals surface area contributed by atoms with Crippen molar-refractivity contribution in [3.05, 3.63) is 146 Å². The van der Waals surface area contributed by atoms with Gasteiger partial charge in [0.2, 0.25) is 0 Å². The van der Waals surface area contributed by atoms with Crippen LogP contribution >= 0.6 is 0 Å². The summed E-state index contributed by atoms with van der Waals surface area (Å²) in [7, 11) is 0. The van der Waals surface area contributed by atoms with Gasteiger partial charge in [0.1, 0.15) is 18.8 Å². The van der Waals surface area contributed by atoms with E-state index in [-0.39, 0.29) is 25.9 Å². The molecule has 1 heterocycles. The molecule has 0 aromatic carbocycles. The summed E-state index contributed by atoms with van der Waals surface area (Å²) in [5, 5.41) is 31.4. The van der Waals surface area contributed by atoms with Gasteiger partial charge in [-0.05, 0) is 116 Å². The fraction of sp³-hybridized carbons (Fsp3) is 0.556. The lowest BCUT2D eigenvalue weighted by atomic mass is 9.98. The summed E-state index contributed by atoms with van der Waals surface area (Å²) in [6.07, 6.45) is 58.5. The van der Waals surface area contributed by atoms with Crippen LogP contribution in [0.1, 0.15) is 175 Å². The quantitative estimate of drug-likeness (QED) is 0.0228. The van der Waals surface area contributed by atoms with E-state index in [4.69, 9.17) is 23.7 Å². The highest BCUT2D eigenvalue weighted by Crippen LogP contribution is 2.26. The Labute approximate surface area is 451 Å². The van der Waals surface area contributed by atoms with E-state index in [1.807, 2.05) is 30.4 Å². The Kier molecular flexibility index (Phi) is 44.6. The van der Waals surface area contributed by atoms with Crippen molar-refractivity contribution < 1.29 is 58.2 Å². The van der Waals surface area contributed by atoms with E-state index in [0.717, 1.165) is 103 Å². The van der Waals surface area contributed by atoms with Gasteiger partial charge >= 0.3 is 23.9 Å². The van der Waals surface area contributed by atoms with Crippen molar-refractivity contribution >= 4 is 23.9 Å². The maximum Gasteiger partial charge on any atom is 0.335 e. The van der Waals surface area contributed by atoms with Gasteiger partial charge in [0.15, 0.2) is 24.6 Å². The Morgan fingerprint density at radius 3 is 1.31 bits per heavy atom. The van der Waals surface area contributed by atoms with Gasteiger partial charge in [-0.1, -0.05) is 186 Å². The van der Waals surface area contributed by atoms with Gasteiger partial charge < -0.3 is 39.0 Å². The number of aliphatic carboxylic acids is 1. The molecule has 75 heavy (non-hydrogen) atoms. The molecule has 1 saturated heterocycles. The van der Waals surface area contributed by atoms with E-state index >= 15 is 0 Å². The van der Waals surface area contributed by atoms with E-state index in [1.54, 1.807) is 0 Å². The largest absolute Gasteiger partial charge is 0.479 e. The normalized spacial score (nSPS) is 19.3. The molecule has 1 aliphatic rings. The number of carboxylic acids is 1. The van der Waals surface area contributed by atoms with Crippen LogP contribution in [0.2, 0.25) is 0 Å². The number of aliphatic hydroxyl groups excluding tert-OH is 2. The predicted octanol–water partition coefficient (Wildman–Crippen LogP) is 14.0. The number of rotatable bonds is 44. The Bertz CT molecular complexity index is 1860. The lowest BCUT2D eigenvalue weighted by Crippen LogP contribution is -2.61. The minimum atomic E-state index is -1.93. The lowest BCUT2D eigenvalue weighted by Gasteiger charge is -2.40. The highest BCUT2D eigenvalue weighted by atomic mass is 16.7. The van der Waals surface area contributed by atoms with Crippen molar-refractivity contribution in [3.8, 4) is 0 Å². The molecule has 12 heteroatoms. The van der Waals surface area contributed by atoms with Crippen LogP contribution in [-0.2, 0) is 42.9 Å². The SMILES string of the molecule is CC/C=C\C/C=C\C/C=C\C/C=C\C/C=C\CCCC(=O)OCC(COC1OC(C(=O)O)C(O)C(O)C1OC(=O)CCCCCCC/C=C\C/C=C\C/C=C\CC)OC(=O)CC/C=C\C/C=C\C/C=C\C/C=C\CC. The number of allylic oxidation sites excluding steroid dienone is 24.